The van der Waals surface area contributed by atoms with Crippen molar-refractivity contribution in [3.8, 4) is 0 Å². The molecular formula is C10H11O2. The quantitative estimate of drug-likeness (QED) is 0.488. The summed E-state index contributed by atoms with van der Waals surface area (Å²) in [6.45, 7) is 0.928. The van der Waals surface area contributed by atoms with Gasteiger partial charge in [0.2, 0.25) is 0 Å². The lowest BCUT2D eigenvalue weighted by molar-refractivity contribution is -0.128. The Hall–Kier alpha value is -1.31. The van der Waals surface area contributed by atoms with Gasteiger partial charge < -0.3 is 4.74 Å². The third kappa shape index (κ3) is 3.19. The molecule has 0 amide bonds. The lowest BCUT2D eigenvalue weighted by atomic mass is 10.1. The molecule has 0 fully saturated rings. The summed E-state index contributed by atoms with van der Waals surface area (Å²) in [5.41, 5.74) is 1.16. The maximum absolute atomic E-state index is 9.78. The molecule has 0 saturated carbocycles. The molecule has 1 aromatic carbocycles. The summed E-state index contributed by atoms with van der Waals surface area (Å²) in [5, 5.41) is 0. The van der Waals surface area contributed by atoms with Gasteiger partial charge in [-0.05, 0) is 18.4 Å². The summed E-state index contributed by atoms with van der Waals surface area (Å²) < 4.78 is 4.54. The van der Waals surface area contributed by atoms with Gasteiger partial charge in [-0.2, -0.15) is 0 Å². The maximum Gasteiger partial charge on any atom is 0.293 e. The minimum Gasteiger partial charge on any atom is -0.468 e. The van der Waals surface area contributed by atoms with Crippen molar-refractivity contribution in [3.05, 3.63) is 42.3 Å². The van der Waals surface area contributed by atoms with Crippen LogP contribution in [0, 0.1) is 6.42 Å². The topological polar surface area (TPSA) is 26.3 Å². The van der Waals surface area contributed by atoms with Gasteiger partial charge in [-0.25, -0.2) is 0 Å². The van der Waals surface area contributed by atoms with Gasteiger partial charge >= 0.3 is 0 Å². The number of carbonyl (C=O) groups excluding carboxylic acids is 1. The summed E-state index contributed by atoms with van der Waals surface area (Å²) >= 11 is 0. The van der Waals surface area contributed by atoms with Gasteiger partial charge in [0.15, 0.2) is 0 Å². The van der Waals surface area contributed by atoms with Crippen LogP contribution in [0.3, 0.4) is 0 Å². The van der Waals surface area contributed by atoms with Crippen LogP contribution in [0.1, 0.15) is 12.0 Å². The molecule has 0 spiro atoms. The Morgan fingerprint density at radius 1 is 1.25 bits per heavy atom. The average Bonchev–Trinajstić information content (AvgIpc) is 2.14. The predicted molar refractivity (Wildman–Crippen MR) is 46.5 cm³/mol. The molecule has 0 aromatic heterocycles. The van der Waals surface area contributed by atoms with Crippen molar-refractivity contribution in [1.82, 2.24) is 0 Å². The zero-order valence-electron chi connectivity index (χ0n) is 6.77. The molecule has 0 bridgehead atoms. The van der Waals surface area contributed by atoms with Crippen LogP contribution >= 0.6 is 0 Å². The summed E-state index contributed by atoms with van der Waals surface area (Å²) in [7, 11) is 0. The van der Waals surface area contributed by atoms with E-state index in [1.807, 2.05) is 36.8 Å². The Bertz CT molecular complexity index is 219. The van der Waals surface area contributed by atoms with Gasteiger partial charge in [-0.15, -0.1) is 0 Å². The monoisotopic (exact) mass is 163 g/mol. The SMILES string of the molecule is O=COCC[CH]c1ccccc1. The Morgan fingerprint density at radius 2 is 2.00 bits per heavy atom. The fourth-order valence-corrected chi connectivity index (χ4v) is 0.931. The van der Waals surface area contributed by atoms with E-state index in [0.717, 1.165) is 12.0 Å². The first-order valence-corrected chi connectivity index (χ1v) is 3.87. The Kier molecular flexibility index (Phi) is 3.92. The minimum atomic E-state index is 0.457. The summed E-state index contributed by atoms with van der Waals surface area (Å²) in [6, 6.07) is 9.96. The number of carbonyl (C=O) groups is 1. The molecule has 63 valence electrons. The second kappa shape index (κ2) is 5.35. The highest BCUT2D eigenvalue weighted by atomic mass is 16.5. The van der Waals surface area contributed by atoms with Gasteiger partial charge in [0.1, 0.15) is 0 Å². The van der Waals surface area contributed by atoms with Crippen LogP contribution in [0.5, 0.6) is 0 Å². The van der Waals surface area contributed by atoms with Crippen molar-refractivity contribution in [2.45, 2.75) is 6.42 Å². The fraction of sp³-hybridized carbons (Fsp3) is 0.200. The highest BCUT2D eigenvalue weighted by Gasteiger charge is 1.91. The van der Waals surface area contributed by atoms with E-state index in [0.29, 0.717) is 13.1 Å². The standard InChI is InChI=1S/C10H11O2/c11-9-12-8-4-7-10-5-2-1-3-6-10/h1-3,5-7,9H,4,8H2. The molecule has 1 rings (SSSR count). The van der Waals surface area contributed by atoms with Crippen molar-refractivity contribution in [1.29, 1.82) is 0 Å². The van der Waals surface area contributed by atoms with Gasteiger partial charge in [0, 0.05) is 0 Å². The van der Waals surface area contributed by atoms with E-state index in [1.54, 1.807) is 0 Å². The summed E-state index contributed by atoms with van der Waals surface area (Å²) in [6.07, 6.45) is 2.80. The maximum atomic E-state index is 9.78. The van der Waals surface area contributed by atoms with Gasteiger partial charge in [0.05, 0.1) is 6.61 Å². The zero-order valence-corrected chi connectivity index (χ0v) is 6.77. The second-order valence-corrected chi connectivity index (χ2v) is 2.37. The van der Waals surface area contributed by atoms with Gasteiger partial charge in [0.25, 0.3) is 6.47 Å². The van der Waals surface area contributed by atoms with Crippen LogP contribution < -0.4 is 0 Å². The van der Waals surface area contributed by atoms with E-state index in [9.17, 15) is 4.79 Å². The normalized spacial score (nSPS) is 9.33. The molecule has 0 aliphatic heterocycles. The highest BCUT2D eigenvalue weighted by molar-refractivity contribution is 5.36. The van der Waals surface area contributed by atoms with E-state index >= 15 is 0 Å². The van der Waals surface area contributed by atoms with Crippen LogP contribution in [0.4, 0.5) is 0 Å². The molecule has 0 aliphatic rings. The smallest absolute Gasteiger partial charge is 0.293 e. The fourth-order valence-electron chi connectivity index (χ4n) is 0.931. The predicted octanol–water partition coefficient (Wildman–Crippen LogP) is 1.80. The third-order valence-corrected chi connectivity index (χ3v) is 1.48. The first kappa shape index (κ1) is 8.78. The molecule has 0 saturated heterocycles. The molecule has 12 heavy (non-hydrogen) atoms. The molecular weight excluding hydrogens is 152 g/mol. The van der Waals surface area contributed by atoms with Crippen molar-refractivity contribution in [2.75, 3.05) is 6.61 Å². The third-order valence-electron chi connectivity index (χ3n) is 1.48. The number of hydrogen-bond donors (Lipinski definition) is 0. The molecule has 1 aromatic rings. The molecule has 2 heteroatoms. The lowest BCUT2D eigenvalue weighted by Gasteiger charge is -1.98. The number of rotatable bonds is 5. The van der Waals surface area contributed by atoms with Crippen LogP contribution in [-0.4, -0.2) is 13.1 Å². The molecule has 0 N–H and O–H groups in total. The van der Waals surface area contributed by atoms with Crippen LogP contribution in [0.2, 0.25) is 0 Å². The average molecular weight is 163 g/mol. The Balaban J connectivity index is 2.20. The number of hydrogen-bond acceptors (Lipinski definition) is 2. The minimum absolute atomic E-state index is 0.457. The summed E-state index contributed by atoms with van der Waals surface area (Å²) in [4.78, 5) is 9.78. The largest absolute Gasteiger partial charge is 0.468 e. The lowest BCUT2D eigenvalue weighted by Crippen LogP contribution is -1.92. The molecule has 0 heterocycles. The first-order valence-electron chi connectivity index (χ1n) is 3.87. The summed E-state index contributed by atoms with van der Waals surface area (Å²) in [5.74, 6) is 0. The molecule has 0 atom stereocenters. The van der Waals surface area contributed by atoms with E-state index in [-0.39, 0.29) is 0 Å². The zero-order chi connectivity index (χ0) is 8.65. The van der Waals surface area contributed by atoms with Crippen molar-refractivity contribution in [3.63, 3.8) is 0 Å². The van der Waals surface area contributed by atoms with Crippen LogP contribution in [-0.2, 0) is 9.53 Å². The van der Waals surface area contributed by atoms with E-state index in [1.165, 1.54) is 0 Å². The number of benzene rings is 1. The van der Waals surface area contributed by atoms with Crippen LogP contribution in [0.15, 0.2) is 30.3 Å². The molecule has 1 radical (unpaired) electrons. The Labute approximate surface area is 72.2 Å². The van der Waals surface area contributed by atoms with Crippen LogP contribution in [0.25, 0.3) is 0 Å². The van der Waals surface area contributed by atoms with E-state index in [4.69, 9.17) is 0 Å². The first-order chi connectivity index (χ1) is 5.93. The van der Waals surface area contributed by atoms with Gasteiger partial charge in [-0.3, -0.25) is 4.79 Å². The Morgan fingerprint density at radius 3 is 2.67 bits per heavy atom. The van der Waals surface area contributed by atoms with E-state index < -0.39 is 0 Å². The highest BCUT2D eigenvalue weighted by Crippen LogP contribution is 2.04. The second-order valence-electron chi connectivity index (χ2n) is 2.37. The van der Waals surface area contributed by atoms with E-state index in [2.05, 4.69) is 4.74 Å². The van der Waals surface area contributed by atoms with Gasteiger partial charge in [-0.1, -0.05) is 30.3 Å². The van der Waals surface area contributed by atoms with Crippen molar-refractivity contribution in [2.24, 2.45) is 0 Å². The van der Waals surface area contributed by atoms with Crippen molar-refractivity contribution >= 4 is 6.47 Å². The number of ether oxygens (including phenoxy) is 1. The molecule has 2 nitrogen and oxygen atoms in total. The van der Waals surface area contributed by atoms with Crippen molar-refractivity contribution < 1.29 is 9.53 Å². The molecule has 0 aliphatic carbocycles. The molecule has 0 unspecified atom stereocenters.